The van der Waals surface area contributed by atoms with E-state index in [1.165, 1.54) is 6.07 Å². The molecule has 0 radical (unpaired) electrons. The molecule has 1 N–H and O–H groups in total. The van der Waals surface area contributed by atoms with Crippen LogP contribution in [-0.2, 0) is 0 Å². The fourth-order valence-corrected chi connectivity index (χ4v) is 2.12. The van der Waals surface area contributed by atoms with Gasteiger partial charge in [-0.1, -0.05) is 35.3 Å². The van der Waals surface area contributed by atoms with E-state index in [2.05, 4.69) is 0 Å². The zero-order valence-electron chi connectivity index (χ0n) is 12.5. The highest BCUT2D eigenvalue weighted by molar-refractivity contribution is 6.31. The minimum atomic E-state index is 0.206. The summed E-state index contributed by atoms with van der Waals surface area (Å²) in [6.45, 7) is 0. The van der Waals surface area contributed by atoms with Crippen molar-refractivity contribution in [3.05, 3.63) is 88.4 Å². The van der Waals surface area contributed by atoms with Crippen LogP contribution in [-0.4, -0.2) is 11.4 Å². The Balaban J connectivity index is 0.000000219. The number of phenols is 1. The Kier molecular flexibility index (Phi) is 6.67. The van der Waals surface area contributed by atoms with Crippen LogP contribution in [0.25, 0.3) is 0 Å². The number of hydrogen-bond acceptors (Lipinski definition) is 3. The molecule has 24 heavy (non-hydrogen) atoms. The second kappa shape index (κ2) is 8.96. The molecule has 0 aliphatic heterocycles. The quantitative estimate of drug-likeness (QED) is 0.583. The summed E-state index contributed by atoms with van der Waals surface area (Å²) in [4.78, 5) is 10.5. The van der Waals surface area contributed by atoms with Gasteiger partial charge in [0.05, 0.1) is 0 Å². The zero-order chi connectivity index (χ0) is 17.4. The summed E-state index contributed by atoms with van der Waals surface area (Å²) in [5.74, 6) is 1.55. The van der Waals surface area contributed by atoms with Crippen LogP contribution < -0.4 is 4.74 Å². The molecule has 0 atom stereocenters. The fourth-order valence-electron chi connectivity index (χ4n) is 1.76. The number of carbonyl (C=O) groups excluding carboxylic acids is 1. The van der Waals surface area contributed by atoms with Gasteiger partial charge in [-0.2, -0.15) is 0 Å². The van der Waals surface area contributed by atoms with Crippen molar-refractivity contribution in [1.29, 1.82) is 0 Å². The van der Waals surface area contributed by atoms with Gasteiger partial charge in [-0.15, -0.1) is 0 Å². The predicted octanol–water partition coefficient (Wildman–Crippen LogP) is 5.99. The van der Waals surface area contributed by atoms with Crippen LogP contribution in [0.15, 0.2) is 72.8 Å². The van der Waals surface area contributed by atoms with Crippen molar-refractivity contribution in [2.45, 2.75) is 0 Å². The third kappa shape index (κ3) is 5.95. The smallest absolute Gasteiger partial charge is 0.150 e. The molecular formula is C19H14Cl2O3. The van der Waals surface area contributed by atoms with Gasteiger partial charge in [-0.05, 0) is 60.7 Å². The molecule has 3 nitrogen and oxygen atoms in total. The number of aldehydes is 1. The summed E-state index contributed by atoms with van der Waals surface area (Å²) < 4.78 is 5.56. The van der Waals surface area contributed by atoms with Crippen LogP contribution >= 0.6 is 23.2 Å². The maximum Gasteiger partial charge on any atom is 0.150 e. The van der Waals surface area contributed by atoms with E-state index >= 15 is 0 Å². The molecule has 0 fully saturated rings. The van der Waals surface area contributed by atoms with Gasteiger partial charge in [-0.25, -0.2) is 0 Å². The third-order valence-electron chi connectivity index (χ3n) is 2.86. The standard InChI is InChI=1S/C13H9ClO2.C6H5ClO/c14-11-2-1-3-13(8-11)16-12-6-4-10(9-15)5-7-12;7-5-2-1-3-6(8)4-5/h1-9H;1-4,8H. The summed E-state index contributed by atoms with van der Waals surface area (Å²) in [6.07, 6.45) is 0.795. The second-order valence-electron chi connectivity index (χ2n) is 4.73. The zero-order valence-corrected chi connectivity index (χ0v) is 14.0. The number of halogens is 2. The van der Waals surface area contributed by atoms with Crippen LogP contribution in [0, 0.1) is 0 Å². The first-order valence-electron chi connectivity index (χ1n) is 7.00. The largest absolute Gasteiger partial charge is 0.508 e. The van der Waals surface area contributed by atoms with Crippen molar-refractivity contribution in [2.75, 3.05) is 0 Å². The van der Waals surface area contributed by atoms with Crippen molar-refractivity contribution in [1.82, 2.24) is 0 Å². The Hall–Kier alpha value is -2.49. The Morgan fingerprint density at radius 1 is 0.792 bits per heavy atom. The number of benzene rings is 3. The second-order valence-corrected chi connectivity index (χ2v) is 5.60. The monoisotopic (exact) mass is 360 g/mol. The molecule has 5 heteroatoms. The van der Waals surface area contributed by atoms with Crippen molar-refractivity contribution < 1.29 is 14.6 Å². The van der Waals surface area contributed by atoms with E-state index in [0.717, 1.165) is 6.29 Å². The lowest BCUT2D eigenvalue weighted by molar-refractivity contribution is 0.112. The lowest BCUT2D eigenvalue weighted by atomic mass is 10.2. The van der Waals surface area contributed by atoms with Crippen LogP contribution in [0.4, 0.5) is 0 Å². The first-order chi connectivity index (χ1) is 11.6. The molecule has 0 heterocycles. The highest BCUT2D eigenvalue weighted by Crippen LogP contribution is 2.24. The topological polar surface area (TPSA) is 46.5 Å². The van der Waals surface area contributed by atoms with Crippen LogP contribution in [0.3, 0.4) is 0 Å². The van der Waals surface area contributed by atoms with E-state index in [1.54, 1.807) is 54.6 Å². The molecule has 0 spiro atoms. The molecule has 0 bridgehead atoms. The third-order valence-corrected chi connectivity index (χ3v) is 3.33. The molecule has 0 aliphatic rings. The summed E-state index contributed by atoms with van der Waals surface area (Å²) in [5.41, 5.74) is 0.624. The van der Waals surface area contributed by atoms with E-state index in [-0.39, 0.29) is 5.75 Å². The van der Waals surface area contributed by atoms with E-state index in [4.69, 9.17) is 33.0 Å². The number of aromatic hydroxyl groups is 1. The molecular weight excluding hydrogens is 347 g/mol. The number of rotatable bonds is 3. The molecule has 3 rings (SSSR count). The van der Waals surface area contributed by atoms with E-state index in [9.17, 15) is 4.79 Å². The summed E-state index contributed by atoms with van der Waals surface area (Å²) in [7, 11) is 0. The van der Waals surface area contributed by atoms with Crippen LogP contribution in [0.2, 0.25) is 10.0 Å². The van der Waals surface area contributed by atoms with Gasteiger partial charge < -0.3 is 9.84 Å². The van der Waals surface area contributed by atoms with Crippen molar-refractivity contribution in [3.63, 3.8) is 0 Å². The van der Waals surface area contributed by atoms with Gasteiger partial charge in [0.2, 0.25) is 0 Å². The van der Waals surface area contributed by atoms with Crippen molar-refractivity contribution in [3.8, 4) is 17.2 Å². The summed E-state index contributed by atoms with van der Waals surface area (Å²) >= 11 is 11.3. The maximum absolute atomic E-state index is 10.5. The molecule has 0 amide bonds. The minimum Gasteiger partial charge on any atom is -0.508 e. The fraction of sp³-hybridized carbons (Fsp3) is 0. The molecule has 0 saturated carbocycles. The van der Waals surface area contributed by atoms with E-state index in [0.29, 0.717) is 27.1 Å². The molecule has 0 saturated heterocycles. The Morgan fingerprint density at radius 2 is 1.42 bits per heavy atom. The van der Waals surface area contributed by atoms with E-state index in [1.807, 2.05) is 12.1 Å². The van der Waals surface area contributed by atoms with Gasteiger partial charge in [0.1, 0.15) is 23.5 Å². The van der Waals surface area contributed by atoms with E-state index < -0.39 is 0 Å². The molecule has 0 aromatic heterocycles. The summed E-state index contributed by atoms with van der Waals surface area (Å²) in [5, 5.41) is 9.92. The Labute approximate surface area is 150 Å². The molecule has 0 unspecified atom stereocenters. The minimum absolute atomic E-state index is 0.206. The van der Waals surface area contributed by atoms with Gasteiger partial charge in [0.15, 0.2) is 0 Å². The number of carbonyl (C=O) groups is 1. The Morgan fingerprint density at radius 3 is 1.92 bits per heavy atom. The van der Waals surface area contributed by atoms with Crippen molar-refractivity contribution in [2.24, 2.45) is 0 Å². The van der Waals surface area contributed by atoms with Gasteiger partial charge >= 0.3 is 0 Å². The van der Waals surface area contributed by atoms with Crippen LogP contribution in [0.5, 0.6) is 17.2 Å². The van der Waals surface area contributed by atoms with Crippen molar-refractivity contribution >= 4 is 29.5 Å². The summed E-state index contributed by atoms with van der Waals surface area (Å²) in [6, 6.07) is 20.5. The first kappa shape index (κ1) is 17.9. The molecule has 3 aromatic carbocycles. The Bertz CT molecular complexity index is 784. The molecule has 0 aliphatic carbocycles. The number of hydrogen-bond donors (Lipinski definition) is 1. The van der Waals surface area contributed by atoms with Gasteiger partial charge in [-0.3, -0.25) is 4.79 Å². The SMILES string of the molecule is O=Cc1ccc(Oc2cccc(Cl)c2)cc1.Oc1cccc(Cl)c1. The number of ether oxygens (including phenoxy) is 1. The first-order valence-corrected chi connectivity index (χ1v) is 7.75. The average Bonchev–Trinajstić information content (AvgIpc) is 2.56. The molecule has 3 aromatic rings. The average molecular weight is 361 g/mol. The van der Waals surface area contributed by atoms with Gasteiger partial charge in [0.25, 0.3) is 0 Å². The predicted molar refractivity (Wildman–Crippen MR) is 96.5 cm³/mol. The lowest BCUT2D eigenvalue weighted by Gasteiger charge is -2.05. The number of phenolic OH excluding ortho intramolecular Hbond substituents is 1. The highest BCUT2D eigenvalue weighted by atomic mass is 35.5. The molecule has 122 valence electrons. The maximum atomic E-state index is 10.5. The highest BCUT2D eigenvalue weighted by Gasteiger charge is 1.98. The normalized spacial score (nSPS) is 9.58. The van der Waals surface area contributed by atoms with Gasteiger partial charge in [0, 0.05) is 15.6 Å². The van der Waals surface area contributed by atoms with Crippen LogP contribution in [0.1, 0.15) is 10.4 Å². The lowest BCUT2D eigenvalue weighted by Crippen LogP contribution is -1.85.